The number of aliphatic hydroxyl groups is 1. The van der Waals surface area contributed by atoms with Crippen molar-refractivity contribution >= 4 is 15.9 Å². The van der Waals surface area contributed by atoms with Gasteiger partial charge in [0, 0.05) is 16.4 Å². The van der Waals surface area contributed by atoms with Gasteiger partial charge in [-0.25, -0.2) is 0 Å². The van der Waals surface area contributed by atoms with Crippen molar-refractivity contribution < 1.29 is 5.11 Å². The van der Waals surface area contributed by atoms with Crippen LogP contribution in [0, 0.1) is 5.41 Å². The van der Waals surface area contributed by atoms with Crippen LogP contribution in [0.4, 0.5) is 0 Å². The summed E-state index contributed by atoms with van der Waals surface area (Å²) in [6.45, 7) is 2.48. The fourth-order valence-corrected chi connectivity index (χ4v) is 4.11. The number of benzene rings is 1. The number of halogens is 1. The molecule has 1 fully saturated rings. The van der Waals surface area contributed by atoms with E-state index in [1.807, 2.05) is 31.2 Å². The first-order chi connectivity index (χ1) is 9.03. The van der Waals surface area contributed by atoms with Gasteiger partial charge in [0.2, 0.25) is 0 Å². The third-order valence-electron chi connectivity index (χ3n) is 4.88. The Balaban J connectivity index is 2.42. The standard InChI is InChI=1S/C16H24BrNO/c1-15(19,13-8-4-5-9-14(13)17)16(12-18)10-6-2-3-7-11-16/h4-5,8-9,19H,2-3,6-7,10-12,18H2,1H3. The number of hydrogen-bond acceptors (Lipinski definition) is 2. The van der Waals surface area contributed by atoms with E-state index in [1.165, 1.54) is 12.8 Å². The number of rotatable bonds is 3. The summed E-state index contributed by atoms with van der Waals surface area (Å²) in [5.41, 5.74) is 5.98. The van der Waals surface area contributed by atoms with Gasteiger partial charge in [-0.3, -0.25) is 0 Å². The minimum absolute atomic E-state index is 0.201. The lowest BCUT2D eigenvalue weighted by molar-refractivity contribution is -0.0819. The Bertz CT molecular complexity index is 423. The lowest BCUT2D eigenvalue weighted by Crippen LogP contribution is -2.48. The molecule has 3 heteroatoms. The van der Waals surface area contributed by atoms with E-state index in [9.17, 15) is 5.11 Å². The Morgan fingerprint density at radius 3 is 2.32 bits per heavy atom. The summed E-state index contributed by atoms with van der Waals surface area (Å²) in [7, 11) is 0. The third kappa shape index (κ3) is 2.74. The van der Waals surface area contributed by atoms with E-state index >= 15 is 0 Å². The van der Waals surface area contributed by atoms with Crippen molar-refractivity contribution in [3.05, 3.63) is 34.3 Å². The summed E-state index contributed by atoms with van der Waals surface area (Å²) >= 11 is 3.57. The molecular weight excluding hydrogens is 302 g/mol. The predicted octanol–water partition coefficient (Wildman–Crippen LogP) is 3.96. The minimum atomic E-state index is -0.883. The highest BCUT2D eigenvalue weighted by molar-refractivity contribution is 9.10. The molecule has 1 unspecified atom stereocenters. The van der Waals surface area contributed by atoms with E-state index in [1.54, 1.807) is 0 Å². The minimum Gasteiger partial charge on any atom is -0.385 e. The normalized spacial score (nSPS) is 22.5. The summed E-state index contributed by atoms with van der Waals surface area (Å²) in [5.74, 6) is 0. The van der Waals surface area contributed by atoms with Crippen molar-refractivity contribution in [1.29, 1.82) is 0 Å². The van der Waals surface area contributed by atoms with Crippen LogP contribution in [0.25, 0.3) is 0 Å². The van der Waals surface area contributed by atoms with Crippen molar-refractivity contribution in [3.8, 4) is 0 Å². The molecule has 1 aromatic carbocycles. The van der Waals surface area contributed by atoms with Crippen molar-refractivity contribution in [2.75, 3.05) is 6.54 Å². The fourth-order valence-electron chi connectivity index (χ4n) is 3.44. The molecule has 2 nitrogen and oxygen atoms in total. The van der Waals surface area contributed by atoms with E-state index < -0.39 is 5.60 Å². The average Bonchev–Trinajstić information content (AvgIpc) is 2.65. The molecule has 0 bridgehead atoms. The Hall–Kier alpha value is -0.380. The highest BCUT2D eigenvalue weighted by Crippen LogP contribution is 2.49. The molecule has 0 aromatic heterocycles. The van der Waals surface area contributed by atoms with Crippen LogP contribution in [0.3, 0.4) is 0 Å². The van der Waals surface area contributed by atoms with Gasteiger partial charge in [0.15, 0.2) is 0 Å². The average molecular weight is 326 g/mol. The van der Waals surface area contributed by atoms with Crippen LogP contribution in [-0.4, -0.2) is 11.7 Å². The van der Waals surface area contributed by atoms with Gasteiger partial charge in [0.1, 0.15) is 0 Å². The first kappa shape index (κ1) is 15.0. The monoisotopic (exact) mass is 325 g/mol. The van der Waals surface area contributed by atoms with Gasteiger partial charge in [-0.15, -0.1) is 0 Å². The second-order valence-corrected chi connectivity index (χ2v) is 6.81. The molecule has 1 saturated carbocycles. The zero-order chi connectivity index (χ0) is 13.9. The van der Waals surface area contributed by atoms with E-state index in [2.05, 4.69) is 15.9 Å². The molecule has 0 radical (unpaired) electrons. The molecule has 1 aliphatic carbocycles. The van der Waals surface area contributed by atoms with Crippen LogP contribution in [0.15, 0.2) is 28.7 Å². The number of hydrogen-bond donors (Lipinski definition) is 2. The van der Waals surface area contributed by atoms with Crippen molar-refractivity contribution in [3.63, 3.8) is 0 Å². The summed E-state index contributed by atoms with van der Waals surface area (Å²) in [6, 6.07) is 7.96. The van der Waals surface area contributed by atoms with Crippen molar-refractivity contribution in [2.45, 2.75) is 51.0 Å². The Morgan fingerprint density at radius 2 is 1.79 bits per heavy atom. The molecule has 1 aliphatic rings. The first-order valence-corrected chi connectivity index (χ1v) is 8.00. The summed E-state index contributed by atoms with van der Waals surface area (Å²) in [5, 5.41) is 11.3. The highest BCUT2D eigenvalue weighted by Gasteiger charge is 2.47. The predicted molar refractivity (Wildman–Crippen MR) is 82.9 cm³/mol. The van der Waals surface area contributed by atoms with E-state index in [4.69, 9.17) is 5.73 Å². The van der Waals surface area contributed by atoms with Crippen LogP contribution >= 0.6 is 15.9 Å². The van der Waals surface area contributed by atoms with Crippen LogP contribution in [0.5, 0.6) is 0 Å². The van der Waals surface area contributed by atoms with E-state index in [0.29, 0.717) is 6.54 Å². The van der Waals surface area contributed by atoms with Gasteiger partial charge in [-0.2, -0.15) is 0 Å². The Morgan fingerprint density at radius 1 is 1.21 bits per heavy atom. The summed E-state index contributed by atoms with van der Waals surface area (Å²) < 4.78 is 0.970. The summed E-state index contributed by atoms with van der Waals surface area (Å²) in [4.78, 5) is 0. The molecule has 0 heterocycles. The maximum atomic E-state index is 11.3. The van der Waals surface area contributed by atoms with Gasteiger partial charge in [-0.05, 0) is 31.4 Å². The smallest absolute Gasteiger partial charge is 0.0947 e. The zero-order valence-corrected chi connectivity index (χ0v) is 13.2. The van der Waals surface area contributed by atoms with Crippen molar-refractivity contribution in [2.24, 2.45) is 11.1 Å². The van der Waals surface area contributed by atoms with Gasteiger partial charge in [0.25, 0.3) is 0 Å². The molecule has 19 heavy (non-hydrogen) atoms. The lowest BCUT2D eigenvalue weighted by Gasteiger charge is -2.45. The molecule has 0 spiro atoms. The topological polar surface area (TPSA) is 46.2 Å². The second kappa shape index (κ2) is 5.94. The Kier molecular flexibility index (Phi) is 4.70. The highest BCUT2D eigenvalue weighted by atomic mass is 79.9. The summed E-state index contributed by atoms with van der Waals surface area (Å²) in [6.07, 6.45) is 6.87. The van der Waals surface area contributed by atoms with Crippen LogP contribution in [0.1, 0.15) is 51.0 Å². The number of nitrogens with two attached hydrogens (primary N) is 1. The Labute approximate surface area is 124 Å². The molecule has 1 atom stereocenters. The van der Waals surface area contributed by atoms with Gasteiger partial charge in [-0.1, -0.05) is 59.8 Å². The van der Waals surface area contributed by atoms with E-state index in [-0.39, 0.29) is 5.41 Å². The van der Waals surface area contributed by atoms with Gasteiger partial charge >= 0.3 is 0 Å². The largest absolute Gasteiger partial charge is 0.385 e. The maximum Gasteiger partial charge on any atom is 0.0947 e. The van der Waals surface area contributed by atoms with E-state index in [0.717, 1.165) is 35.7 Å². The third-order valence-corrected chi connectivity index (χ3v) is 5.57. The molecule has 1 aromatic rings. The molecule has 106 valence electrons. The van der Waals surface area contributed by atoms with Crippen LogP contribution in [-0.2, 0) is 5.60 Å². The quantitative estimate of drug-likeness (QED) is 0.826. The second-order valence-electron chi connectivity index (χ2n) is 5.95. The van der Waals surface area contributed by atoms with Crippen LogP contribution in [0.2, 0.25) is 0 Å². The SMILES string of the molecule is CC(O)(c1ccccc1Br)C1(CN)CCCCCC1. The molecule has 3 N–H and O–H groups in total. The molecule has 0 aliphatic heterocycles. The van der Waals surface area contributed by atoms with Crippen molar-refractivity contribution in [1.82, 2.24) is 0 Å². The molecule has 0 saturated heterocycles. The zero-order valence-electron chi connectivity index (χ0n) is 11.7. The molecule has 0 amide bonds. The van der Waals surface area contributed by atoms with Gasteiger partial charge in [0.05, 0.1) is 5.60 Å². The molecule has 2 rings (SSSR count). The van der Waals surface area contributed by atoms with Crippen LogP contribution < -0.4 is 5.73 Å². The first-order valence-electron chi connectivity index (χ1n) is 7.21. The van der Waals surface area contributed by atoms with Gasteiger partial charge < -0.3 is 10.8 Å². The molecular formula is C16H24BrNO. The maximum absolute atomic E-state index is 11.3. The fraction of sp³-hybridized carbons (Fsp3) is 0.625. The lowest BCUT2D eigenvalue weighted by atomic mass is 9.65.